The Labute approximate surface area is 165 Å². The van der Waals surface area contributed by atoms with Gasteiger partial charge in [0.05, 0.1) is 11.0 Å². The van der Waals surface area contributed by atoms with Gasteiger partial charge < -0.3 is 14.7 Å². The maximum atomic E-state index is 12.7. The van der Waals surface area contributed by atoms with Gasteiger partial charge in [-0.1, -0.05) is 42.2 Å². The fourth-order valence-electron chi connectivity index (χ4n) is 3.60. The summed E-state index contributed by atoms with van der Waals surface area (Å²) in [5.74, 6) is -0.0457. The molecule has 2 unspecified atom stereocenters. The van der Waals surface area contributed by atoms with Crippen LogP contribution in [0.1, 0.15) is 35.8 Å². The van der Waals surface area contributed by atoms with Gasteiger partial charge in [-0.2, -0.15) is 0 Å². The van der Waals surface area contributed by atoms with E-state index in [0.29, 0.717) is 15.8 Å². The van der Waals surface area contributed by atoms with E-state index >= 15 is 0 Å². The minimum atomic E-state index is -0.453. The predicted octanol–water partition coefficient (Wildman–Crippen LogP) is 4.21. The fourth-order valence-corrected chi connectivity index (χ4v) is 4.87. The molecule has 0 bridgehead atoms. The third-order valence-corrected chi connectivity index (χ3v) is 6.27. The van der Waals surface area contributed by atoms with Crippen LogP contribution in [0.3, 0.4) is 0 Å². The first-order valence-corrected chi connectivity index (χ1v) is 9.81. The molecule has 0 radical (unpaired) electrons. The summed E-state index contributed by atoms with van der Waals surface area (Å²) in [6.45, 7) is 3.92. The number of aliphatic imine (C=N–C) groups is 1. The van der Waals surface area contributed by atoms with Crippen molar-refractivity contribution in [2.75, 3.05) is 0 Å². The van der Waals surface area contributed by atoms with Gasteiger partial charge in [0, 0.05) is 28.7 Å². The number of thiophene rings is 1. The van der Waals surface area contributed by atoms with Crippen molar-refractivity contribution in [3.63, 3.8) is 0 Å². The molecule has 142 valence electrons. The largest absolute Gasteiger partial charge is 0.367 e. The minimum absolute atomic E-state index is 0.0853. The molecule has 1 aliphatic rings. The average molecular weight is 393 g/mol. The van der Waals surface area contributed by atoms with E-state index < -0.39 is 4.92 Å². The first-order valence-electron chi connectivity index (χ1n) is 8.99. The molecule has 3 heterocycles. The van der Waals surface area contributed by atoms with Gasteiger partial charge in [-0.3, -0.25) is 4.79 Å². The maximum absolute atomic E-state index is 12.7. The molecule has 1 aromatic carbocycles. The summed E-state index contributed by atoms with van der Waals surface area (Å²) in [6, 6.07) is 11.6. The number of hydrogen-bond donors (Lipinski definition) is 0. The zero-order chi connectivity index (χ0) is 20.0. The maximum Gasteiger partial charge on any atom is 0.367 e. The Morgan fingerprint density at radius 3 is 2.68 bits per heavy atom. The summed E-state index contributed by atoms with van der Waals surface area (Å²) < 4.78 is 2.46. The number of fused-ring (bicyclic) bond motifs is 1. The Morgan fingerprint density at radius 2 is 2.00 bits per heavy atom. The lowest BCUT2D eigenvalue weighted by molar-refractivity contribution is -0.347. The second-order valence-corrected chi connectivity index (χ2v) is 8.07. The van der Waals surface area contributed by atoms with E-state index in [1.165, 1.54) is 11.3 Å². The van der Waals surface area contributed by atoms with Crippen LogP contribution in [0.25, 0.3) is 15.7 Å². The number of hydrogen-bond acceptors (Lipinski definition) is 5. The minimum Gasteiger partial charge on any atom is -0.358 e. The molecule has 7 heteroatoms. The van der Waals surface area contributed by atoms with Crippen molar-refractivity contribution in [2.24, 2.45) is 12.0 Å². The van der Waals surface area contributed by atoms with Gasteiger partial charge in [0.1, 0.15) is 0 Å². The van der Waals surface area contributed by atoms with E-state index in [1.54, 1.807) is 23.8 Å². The summed E-state index contributed by atoms with van der Waals surface area (Å²) in [5, 5.41) is 12.0. The monoisotopic (exact) mass is 393 g/mol. The number of nitrogens with zero attached hydrogens (tertiary/aromatic N) is 3. The van der Waals surface area contributed by atoms with Gasteiger partial charge in [-0.05, 0) is 35.1 Å². The molecule has 28 heavy (non-hydrogen) atoms. The van der Waals surface area contributed by atoms with E-state index in [1.807, 2.05) is 31.3 Å². The first kappa shape index (κ1) is 18.3. The van der Waals surface area contributed by atoms with Gasteiger partial charge in [-0.15, -0.1) is 11.3 Å². The number of benzene rings is 1. The van der Waals surface area contributed by atoms with Crippen molar-refractivity contribution in [3.8, 4) is 0 Å². The van der Waals surface area contributed by atoms with E-state index in [2.05, 4.69) is 24.0 Å². The van der Waals surface area contributed by atoms with Crippen molar-refractivity contribution in [2.45, 2.75) is 25.8 Å². The van der Waals surface area contributed by atoms with Crippen LogP contribution in [-0.2, 0) is 7.05 Å². The van der Waals surface area contributed by atoms with Crippen molar-refractivity contribution < 1.29 is 4.92 Å². The number of rotatable bonds is 3. The standard InChI is InChI=1S/C21H19N3O3S/c1-12-9-15(20(22-12)24(26)27)18-10-16-19(28-18)17(11-23(3)21(16)25)13(2)14-7-5-4-6-8-14/h4-13H,1-3H3. The molecule has 0 fully saturated rings. The molecule has 2 atom stereocenters. The molecule has 4 rings (SSSR count). The normalized spacial score (nSPS) is 17.5. The van der Waals surface area contributed by atoms with Gasteiger partial charge >= 0.3 is 5.84 Å². The van der Waals surface area contributed by atoms with Crippen LogP contribution in [0.15, 0.2) is 58.5 Å². The first-order chi connectivity index (χ1) is 13.4. The molecular formula is C21H19N3O3S. The number of aryl methyl sites for hydroxylation is 1. The molecular weight excluding hydrogens is 374 g/mol. The molecule has 3 aromatic rings. The SMILES string of the molecule is CC1C=C(c2cc3c(=O)n(C)cc(C(C)c4ccccc4)c3s2)C([N+](=O)[O-])=N1. The Hall–Kier alpha value is -3.06. The van der Waals surface area contributed by atoms with Crippen LogP contribution >= 0.6 is 11.3 Å². The highest BCUT2D eigenvalue weighted by molar-refractivity contribution is 7.20. The summed E-state index contributed by atoms with van der Waals surface area (Å²) >= 11 is 1.42. The second kappa shape index (κ2) is 6.83. The van der Waals surface area contributed by atoms with Gasteiger partial charge in [0.15, 0.2) is 6.04 Å². The molecule has 0 saturated heterocycles. The van der Waals surface area contributed by atoms with Crippen LogP contribution in [0.5, 0.6) is 0 Å². The third kappa shape index (κ3) is 2.97. The highest BCUT2D eigenvalue weighted by Crippen LogP contribution is 2.38. The Kier molecular flexibility index (Phi) is 4.47. The van der Waals surface area contributed by atoms with Gasteiger partial charge in [-0.25, -0.2) is 0 Å². The second-order valence-electron chi connectivity index (χ2n) is 7.02. The summed E-state index contributed by atoms with van der Waals surface area (Å²) in [5.41, 5.74) is 2.58. The quantitative estimate of drug-likeness (QED) is 0.494. The zero-order valence-corrected chi connectivity index (χ0v) is 16.6. The van der Waals surface area contributed by atoms with Crippen LogP contribution in [0.2, 0.25) is 0 Å². The zero-order valence-electron chi connectivity index (χ0n) is 15.7. The van der Waals surface area contributed by atoms with E-state index in [9.17, 15) is 14.9 Å². The smallest absolute Gasteiger partial charge is 0.358 e. The van der Waals surface area contributed by atoms with E-state index in [4.69, 9.17) is 0 Å². The summed E-state index contributed by atoms with van der Waals surface area (Å²) in [6.07, 6.45) is 3.66. The molecule has 2 aromatic heterocycles. The Balaban J connectivity index is 1.92. The lowest BCUT2D eigenvalue weighted by atomic mass is 9.94. The lowest BCUT2D eigenvalue weighted by Gasteiger charge is -2.14. The van der Waals surface area contributed by atoms with Gasteiger partial charge in [0.25, 0.3) is 5.56 Å². The Morgan fingerprint density at radius 1 is 1.29 bits per heavy atom. The number of aromatic nitrogens is 1. The van der Waals surface area contributed by atoms with Crippen LogP contribution in [0, 0.1) is 10.1 Å². The molecule has 0 spiro atoms. The van der Waals surface area contributed by atoms with Crippen LogP contribution < -0.4 is 5.56 Å². The number of amidine groups is 1. The van der Waals surface area contributed by atoms with Gasteiger partial charge in [0.2, 0.25) is 0 Å². The molecule has 1 aliphatic heterocycles. The summed E-state index contributed by atoms with van der Waals surface area (Å²) in [4.78, 5) is 28.5. The molecule has 0 aliphatic carbocycles. The molecule has 0 amide bonds. The molecule has 0 N–H and O–H groups in total. The highest BCUT2D eigenvalue weighted by atomic mass is 32.1. The van der Waals surface area contributed by atoms with Crippen molar-refractivity contribution >= 4 is 32.8 Å². The number of nitro groups is 1. The predicted molar refractivity (Wildman–Crippen MR) is 113 cm³/mol. The van der Waals surface area contributed by atoms with E-state index in [0.717, 1.165) is 15.8 Å². The van der Waals surface area contributed by atoms with Crippen molar-refractivity contribution in [1.82, 2.24) is 4.57 Å². The highest BCUT2D eigenvalue weighted by Gasteiger charge is 2.31. The summed E-state index contributed by atoms with van der Waals surface area (Å²) in [7, 11) is 1.74. The fraction of sp³-hybridized carbons (Fsp3) is 0.238. The third-order valence-electron chi connectivity index (χ3n) is 5.06. The molecule has 6 nitrogen and oxygen atoms in total. The molecule has 0 saturated carbocycles. The van der Waals surface area contributed by atoms with E-state index in [-0.39, 0.29) is 23.4 Å². The number of pyridine rings is 1. The van der Waals surface area contributed by atoms with Crippen LogP contribution in [0.4, 0.5) is 0 Å². The van der Waals surface area contributed by atoms with Crippen molar-refractivity contribution in [3.05, 3.63) is 85.1 Å². The van der Waals surface area contributed by atoms with Crippen molar-refractivity contribution in [1.29, 1.82) is 0 Å². The van der Waals surface area contributed by atoms with Crippen LogP contribution in [-0.4, -0.2) is 21.4 Å². The lowest BCUT2D eigenvalue weighted by Crippen LogP contribution is -2.17. The topological polar surface area (TPSA) is 77.5 Å². The Bertz CT molecular complexity index is 1200. The average Bonchev–Trinajstić information content (AvgIpc) is 3.29.